The minimum Gasteiger partial charge on any atom is -0.298 e. The third kappa shape index (κ3) is 2.12. The molecule has 0 fully saturated rings. The first-order valence-electron chi connectivity index (χ1n) is 3.32. The summed E-state index contributed by atoms with van der Waals surface area (Å²) in [6, 6.07) is 0.855. The van der Waals surface area contributed by atoms with Crippen molar-refractivity contribution in [1.82, 2.24) is 4.98 Å². The van der Waals surface area contributed by atoms with Gasteiger partial charge in [-0.15, -0.1) is 0 Å². The lowest BCUT2D eigenvalue weighted by Crippen LogP contribution is -2.15. The first-order chi connectivity index (χ1) is 6.06. The highest BCUT2D eigenvalue weighted by Gasteiger charge is 2.15. The van der Waals surface area contributed by atoms with Gasteiger partial charge in [-0.1, -0.05) is 15.9 Å². The number of H-pyrrole nitrogens is 1. The Labute approximate surface area is 79.9 Å². The van der Waals surface area contributed by atoms with Gasteiger partial charge in [-0.25, -0.2) is 8.78 Å². The maximum Gasteiger partial charge on any atom is 0.269 e. The summed E-state index contributed by atoms with van der Waals surface area (Å²) in [5, 5.41) is 0.0787. The van der Waals surface area contributed by atoms with Crippen LogP contribution in [0.4, 0.5) is 13.2 Å². The normalized spacial score (nSPS) is 10.8. The van der Waals surface area contributed by atoms with Gasteiger partial charge in [0.05, 0.1) is 5.56 Å². The zero-order valence-electron chi connectivity index (χ0n) is 6.28. The molecule has 0 aliphatic rings. The van der Waals surface area contributed by atoms with Crippen LogP contribution in [0.3, 0.4) is 0 Å². The highest BCUT2D eigenvalue weighted by atomic mass is 79.9. The van der Waals surface area contributed by atoms with E-state index in [0.29, 0.717) is 0 Å². The second-order valence-electron chi connectivity index (χ2n) is 2.33. The Kier molecular flexibility index (Phi) is 3.13. The summed E-state index contributed by atoms with van der Waals surface area (Å²) in [6.07, 6.45) is -2.89. The first kappa shape index (κ1) is 10.3. The number of hydrogen-bond donors (Lipinski definition) is 1. The summed E-state index contributed by atoms with van der Waals surface area (Å²) in [7, 11) is 0. The quantitative estimate of drug-likeness (QED) is 0.639. The molecule has 0 saturated heterocycles. The van der Waals surface area contributed by atoms with Gasteiger partial charge in [0.25, 0.3) is 12.0 Å². The molecule has 6 heteroatoms. The van der Waals surface area contributed by atoms with Crippen LogP contribution in [-0.2, 0) is 5.33 Å². The van der Waals surface area contributed by atoms with Crippen molar-refractivity contribution >= 4 is 15.9 Å². The molecular weight excluding hydrogens is 251 g/mol. The Morgan fingerprint density at radius 1 is 1.54 bits per heavy atom. The molecule has 1 aromatic heterocycles. The number of nitrogens with one attached hydrogen (secondary N) is 1. The maximum absolute atomic E-state index is 12.8. The van der Waals surface area contributed by atoms with Crippen LogP contribution in [0.15, 0.2) is 10.9 Å². The summed E-state index contributed by atoms with van der Waals surface area (Å²) in [5.74, 6) is -0.883. The molecule has 1 heterocycles. The predicted octanol–water partition coefficient (Wildman–Crippen LogP) is 2.35. The number of halogens is 4. The zero-order chi connectivity index (χ0) is 10.0. The molecule has 1 N–H and O–H groups in total. The van der Waals surface area contributed by atoms with Gasteiger partial charge in [0, 0.05) is 10.9 Å². The second-order valence-corrected chi connectivity index (χ2v) is 2.89. The number of aromatic amines is 1. The fourth-order valence-electron chi connectivity index (χ4n) is 0.828. The predicted molar refractivity (Wildman–Crippen MR) is 44.6 cm³/mol. The van der Waals surface area contributed by atoms with Gasteiger partial charge in [-0.2, -0.15) is 4.39 Å². The maximum atomic E-state index is 12.8. The number of pyridine rings is 1. The molecule has 0 unspecified atom stereocenters. The third-order valence-corrected chi connectivity index (χ3v) is 2.08. The van der Waals surface area contributed by atoms with Crippen LogP contribution in [0.25, 0.3) is 0 Å². The molecule has 0 aromatic carbocycles. The van der Waals surface area contributed by atoms with Crippen molar-refractivity contribution in [3.63, 3.8) is 0 Å². The highest BCUT2D eigenvalue weighted by molar-refractivity contribution is 9.08. The van der Waals surface area contributed by atoms with Crippen molar-refractivity contribution < 1.29 is 13.2 Å². The van der Waals surface area contributed by atoms with E-state index < -0.39 is 23.5 Å². The van der Waals surface area contributed by atoms with Gasteiger partial charge >= 0.3 is 0 Å². The average Bonchev–Trinajstić information content (AvgIpc) is 2.03. The van der Waals surface area contributed by atoms with Crippen LogP contribution in [0.2, 0.25) is 0 Å². The second kappa shape index (κ2) is 3.95. The average molecular weight is 256 g/mol. The van der Waals surface area contributed by atoms with E-state index in [1.165, 1.54) is 0 Å². The van der Waals surface area contributed by atoms with E-state index in [0.717, 1.165) is 6.07 Å². The highest BCUT2D eigenvalue weighted by Crippen LogP contribution is 2.17. The molecule has 0 aliphatic heterocycles. The lowest BCUT2D eigenvalue weighted by Gasteiger charge is -2.02. The molecule has 0 bridgehead atoms. The Balaban J connectivity index is 3.31. The van der Waals surface area contributed by atoms with Crippen LogP contribution in [-0.4, -0.2) is 4.98 Å². The molecule has 1 aromatic rings. The lowest BCUT2D eigenvalue weighted by atomic mass is 10.2. The summed E-state index contributed by atoms with van der Waals surface area (Å²) < 4.78 is 37.0. The van der Waals surface area contributed by atoms with Crippen LogP contribution >= 0.6 is 15.9 Å². The number of aromatic nitrogens is 1. The van der Waals surface area contributed by atoms with E-state index >= 15 is 0 Å². The molecule has 1 rings (SSSR count). The molecule has 0 spiro atoms. The monoisotopic (exact) mass is 255 g/mol. The first-order valence-corrected chi connectivity index (χ1v) is 4.44. The molecular formula is C7H5BrF3NO. The number of alkyl halides is 3. The van der Waals surface area contributed by atoms with E-state index in [9.17, 15) is 18.0 Å². The topological polar surface area (TPSA) is 32.9 Å². The van der Waals surface area contributed by atoms with Gasteiger partial charge in [0.1, 0.15) is 0 Å². The number of rotatable bonds is 2. The zero-order valence-corrected chi connectivity index (χ0v) is 7.87. The Morgan fingerprint density at radius 2 is 2.15 bits per heavy atom. The van der Waals surface area contributed by atoms with Gasteiger partial charge in [0.15, 0.2) is 5.95 Å². The minimum atomic E-state index is -2.89. The van der Waals surface area contributed by atoms with Gasteiger partial charge in [-0.05, 0) is 6.07 Å². The van der Waals surface area contributed by atoms with Crippen LogP contribution < -0.4 is 5.56 Å². The molecule has 0 aliphatic carbocycles. The van der Waals surface area contributed by atoms with Crippen molar-refractivity contribution in [2.45, 2.75) is 11.8 Å². The van der Waals surface area contributed by atoms with E-state index in [2.05, 4.69) is 15.9 Å². The van der Waals surface area contributed by atoms with Crippen molar-refractivity contribution in [3.05, 3.63) is 33.5 Å². The molecule has 72 valence electrons. The molecule has 0 amide bonds. The summed E-state index contributed by atoms with van der Waals surface area (Å²) in [4.78, 5) is 12.5. The van der Waals surface area contributed by atoms with Crippen LogP contribution in [0.1, 0.15) is 17.6 Å². The lowest BCUT2D eigenvalue weighted by molar-refractivity contribution is 0.149. The van der Waals surface area contributed by atoms with E-state index in [1.807, 2.05) is 0 Å². The van der Waals surface area contributed by atoms with Gasteiger partial charge in [0.2, 0.25) is 0 Å². The van der Waals surface area contributed by atoms with Crippen molar-refractivity contribution in [3.8, 4) is 0 Å². The minimum absolute atomic E-state index is 0.00917. The SMILES string of the molecule is O=c1[nH]c(F)c(CBr)cc1C(F)F. The van der Waals surface area contributed by atoms with Crippen molar-refractivity contribution in [1.29, 1.82) is 0 Å². The number of hydrogen-bond acceptors (Lipinski definition) is 1. The van der Waals surface area contributed by atoms with E-state index in [-0.39, 0.29) is 10.9 Å². The van der Waals surface area contributed by atoms with Gasteiger partial charge < -0.3 is 0 Å². The summed E-state index contributed by atoms with van der Waals surface area (Å²) in [6.45, 7) is 0. The molecule has 0 atom stereocenters. The van der Waals surface area contributed by atoms with Crippen molar-refractivity contribution in [2.24, 2.45) is 0 Å². The molecule has 0 radical (unpaired) electrons. The van der Waals surface area contributed by atoms with Crippen LogP contribution in [0.5, 0.6) is 0 Å². The fraction of sp³-hybridized carbons (Fsp3) is 0.286. The van der Waals surface area contributed by atoms with Crippen molar-refractivity contribution in [2.75, 3.05) is 0 Å². The van der Waals surface area contributed by atoms with Gasteiger partial charge in [-0.3, -0.25) is 9.78 Å². The Hall–Kier alpha value is -0.780. The van der Waals surface area contributed by atoms with E-state index in [1.54, 1.807) is 4.98 Å². The molecule has 13 heavy (non-hydrogen) atoms. The third-order valence-electron chi connectivity index (χ3n) is 1.48. The standard InChI is InChI=1S/C7H5BrF3NO/c8-2-3-1-4(5(9)10)7(13)12-6(3)11/h1,5H,2H2,(H,12,13). The Bertz CT molecular complexity index is 363. The fourth-order valence-corrected chi connectivity index (χ4v) is 1.24. The largest absolute Gasteiger partial charge is 0.298 e. The molecule has 2 nitrogen and oxygen atoms in total. The summed E-state index contributed by atoms with van der Waals surface area (Å²) in [5.41, 5.74) is -1.79. The summed E-state index contributed by atoms with van der Waals surface area (Å²) >= 11 is 2.91. The Morgan fingerprint density at radius 3 is 2.62 bits per heavy atom. The molecule has 0 saturated carbocycles. The van der Waals surface area contributed by atoms with Crippen LogP contribution in [0, 0.1) is 5.95 Å². The smallest absolute Gasteiger partial charge is 0.269 e. The van der Waals surface area contributed by atoms with E-state index in [4.69, 9.17) is 0 Å².